The number of hydrogen-bond donors (Lipinski definition) is 3. The number of nitrogens with zero attached hydrogens (tertiary/aromatic N) is 2. The van der Waals surface area contributed by atoms with E-state index in [1.807, 2.05) is 6.20 Å². The van der Waals surface area contributed by atoms with Crippen molar-refractivity contribution in [2.75, 3.05) is 24.5 Å². The van der Waals surface area contributed by atoms with Crippen molar-refractivity contribution in [3.05, 3.63) is 35.1 Å². The average Bonchev–Trinajstić information content (AvgIpc) is 2.56. The number of aliphatic carboxylic acids is 2. The monoisotopic (exact) mass is 367 g/mol. The number of carbonyl (C=O) groups is 2. The SMILES string of the molecule is CCc1cc(N2C[C@@H]3CCNC[C@@H]32)cnc1Cl.O=C(O)/C=C/C(=O)O. The lowest BCUT2D eigenvalue weighted by Gasteiger charge is -2.52. The Morgan fingerprint density at radius 2 is 2.08 bits per heavy atom. The smallest absolute Gasteiger partial charge is 0.328 e. The van der Waals surface area contributed by atoms with Gasteiger partial charge >= 0.3 is 11.9 Å². The molecule has 3 heterocycles. The molecule has 136 valence electrons. The number of pyridine rings is 1. The number of carboxylic acid groups (broad SMARTS) is 2. The Balaban J connectivity index is 0.000000242. The van der Waals surface area contributed by atoms with Gasteiger partial charge in [-0.2, -0.15) is 0 Å². The van der Waals surface area contributed by atoms with Crippen molar-refractivity contribution in [1.29, 1.82) is 0 Å². The summed E-state index contributed by atoms with van der Waals surface area (Å²) in [6.45, 7) is 5.58. The van der Waals surface area contributed by atoms with Crippen molar-refractivity contribution < 1.29 is 19.8 Å². The average molecular weight is 368 g/mol. The van der Waals surface area contributed by atoms with Gasteiger partial charge in [0.05, 0.1) is 11.9 Å². The maximum atomic E-state index is 9.55. The Bertz CT molecular complexity index is 649. The molecule has 1 aromatic rings. The van der Waals surface area contributed by atoms with Gasteiger partial charge in [-0.25, -0.2) is 14.6 Å². The van der Waals surface area contributed by atoms with E-state index in [0.717, 1.165) is 24.4 Å². The first-order valence-corrected chi connectivity index (χ1v) is 8.55. The lowest BCUT2D eigenvalue weighted by atomic mass is 9.83. The minimum absolute atomic E-state index is 0.558. The van der Waals surface area contributed by atoms with E-state index >= 15 is 0 Å². The van der Waals surface area contributed by atoms with E-state index in [4.69, 9.17) is 21.8 Å². The number of piperidine rings is 1. The third kappa shape index (κ3) is 5.17. The van der Waals surface area contributed by atoms with E-state index in [1.165, 1.54) is 25.2 Å². The maximum absolute atomic E-state index is 9.55. The number of halogens is 1. The van der Waals surface area contributed by atoms with Crippen LogP contribution in [-0.2, 0) is 16.0 Å². The van der Waals surface area contributed by atoms with Crippen LogP contribution in [0.1, 0.15) is 18.9 Å². The zero-order chi connectivity index (χ0) is 18.4. The second-order valence-corrected chi connectivity index (χ2v) is 6.34. The summed E-state index contributed by atoms with van der Waals surface area (Å²) in [7, 11) is 0. The van der Waals surface area contributed by atoms with Crippen LogP contribution in [0.15, 0.2) is 24.4 Å². The Hall–Kier alpha value is -2.12. The summed E-state index contributed by atoms with van der Waals surface area (Å²) < 4.78 is 0. The highest BCUT2D eigenvalue weighted by Crippen LogP contribution is 2.35. The highest BCUT2D eigenvalue weighted by Gasteiger charge is 2.40. The summed E-state index contributed by atoms with van der Waals surface area (Å²) in [6.07, 6.45) is 5.28. The zero-order valence-electron chi connectivity index (χ0n) is 14.0. The van der Waals surface area contributed by atoms with Gasteiger partial charge in [0.15, 0.2) is 0 Å². The molecule has 2 aliphatic rings. The van der Waals surface area contributed by atoms with Crippen molar-refractivity contribution >= 4 is 29.2 Å². The largest absolute Gasteiger partial charge is 0.478 e. The summed E-state index contributed by atoms with van der Waals surface area (Å²) in [5, 5.41) is 19.7. The van der Waals surface area contributed by atoms with Crippen molar-refractivity contribution in [3.63, 3.8) is 0 Å². The molecule has 0 bridgehead atoms. The Morgan fingerprint density at radius 1 is 1.40 bits per heavy atom. The van der Waals surface area contributed by atoms with Crippen molar-refractivity contribution in [1.82, 2.24) is 10.3 Å². The van der Waals surface area contributed by atoms with Gasteiger partial charge < -0.3 is 20.4 Å². The lowest BCUT2D eigenvalue weighted by molar-refractivity contribution is -0.134. The van der Waals surface area contributed by atoms with Crippen LogP contribution in [-0.4, -0.2) is 52.8 Å². The van der Waals surface area contributed by atoms with E-state index < -0.39 is 11.9 Å². The van der Waals surface area contributed by atoms with E-state index in [2.05, 4.69) is 28.2 Å². The third-order valence-electron chi connectivity index (χ3n) is 4.40. The highest BCUT2D eigenvalue weighted by atomic mass is 35.5. The lowest BCUT2D eigenvalue weighted by Crippen LogP contribution is -2.63. The van der Waals surface area contributed by atoms with Gasteiger partial charge in [-0.05, 0) is 36.9 Å². The summed E-state index contributed by atoms with van der Waals surface area (Å²) in [5.41, 5.74) is 2.38. The standard InChI is InChI=1S/C13H18ClN3.C4H4O4/c1-2-9-5-11(6-16-13(9)14)17-8-10-3-4-15-7-12(10)17;5-3(6)1-2-4(7)8/h5-6,10,12,15H,2-4,7-8H2,1H3;1-2H,(H,5,6)(H,7,8)/b;2-1+/t10-,12-;/m0./s1. The number of carboxylic acids is 2. The minimum Gasteiger partial charge on any atom is -0.478 e. The van der Waals surface area contributed by atoms with Gasteiger partial charge in [-0.3, -0.25) is 0 Å². The van der Waals surface area contributed by atoms with Gasteiger partial charge in [-0.15, -0.1) is 0 Å². The van der Waals surface area contributed by atoms with Crippen molar-refractivity contribution in [2.45, 2.75) is 25.8 Å². The molecule has 0 spiro atoms. The fourth-order valence-electron chi connectivity index (χ4n) is 3.05. The first-order chi connectivity index (χ1) is 11.9. The first-order valence-electron chi connectivity index (χ1n) is 8.18. The van der Waals surface area contributed by atoms with Crippen LogP contribution in [0.5, 0.6) is 0 Å². The molecule has 7 nitrogen and oxygen atoms in total. The number of aryl methyl sites for hydroxylation is 1. The second kappa shape index (κ2) is 8.82. The van der Waals surface area contributed by atoms with Crippen LogP contribution in [0.3, 0.4) is 0 Å². The molecule has 0 saturated carbocycles. The fourth-order valence-corrected chi connectivity index (χ4v) is 3.29. The number of aromatic nitrogens is 1. The molecule has 8 heteroatoms. The van der Waals surface area contributed by atoms with Crippen LogP contribution in [0.4, 0.5) is 5.69 Å². The van der Waals surface area contributed by atoms with Crippen LogP contribution in [0, 0.1) is 5.92 Å². The van der Waals surface area contributed by atoms with E-state index in [1.54, 1.807) is 0 Å². The Morgan fingerprint density at radius 3 is 2.64 bits per heavy atom. The van der Waals surface area contributed by atoms with E-state index in [-0.39, 0.29) is 0 Å². The van der Waals surface area contributed by atoms with Gasteiger partial charge in [-0.1, -0.05) is 18.5 Å². The van der Waals surface area contributed by atoms with Crippen molar-refractivity contribution in [2.24, 2.45) is 5.92 Å². The number of fused-ring (bicyclic) bond motifs is 1. The molecule has 3 rings (SSSR count). The topological polar surface area (TPSA) is 103 Å². The molecule has 2 saturated heterocycles. The number of rotatable bonds is 4. The fraction of sp³-hybridized carbons (Fsp3) is 0.471. The maximum Gasteiger partial charge on any atom is 0.328 e. The zero-order valence-corrected chi connectivity index (χ0v) is 14.7. The molecule has 25 heavy (non-hydrogen) atoms. The molecule has 2 fully saturated rings. The molecule has 2 aliphatic heterocycles. The van der Waals surface area contributed by atoms with Crippen LogP contribution in [0.2, 0.25) is 5.15 Å². The summed E-state index contributed by atoms with van der Waals surface area (Å²) in [6, 6.07) is 2.86. The molecule has 0 aromatic carbocycles. The number of nitrogens with one attached hydrogen (secondary N) is 1. The molecular weight excluding hydrogens is 346 g/mol. The van der Waals surface area contributed by atoms with Gasteiger partial charge in [0.2, 0.25) is 0 Å². The van der Waals surface area contributed by atoms with Gasteiger partial charge in [0.1, 0.15) is 5.15 Å². The molecule has 0 aliphatic carbocycles. The van der Waals surface area contributed by atoms with Gasteiger partial charge in [0, 0.05) is 31.3 Å². The predicted molar refractivity (Wildman–Crippen MR) is 95.1 cm³/mol. The van der Waals surface area contributed by atoms with E-state index in [0.29, 0.717) is 23.3 Å². The molecule has 3 N–H and O–H groups in total. The van der Waals surface area contributed by atoms with Crippen LogP contribution < -0.4 is 10.2 Å². The molecule has 0 radical (unpaired) electrons. The minimum atomic E-state index is -1.26. The molecule has 1 aromatic heterocycles. The normalized spacial score (nSPS) is 21.8. The molecule has 2 atom stereocenters. The molecule has 0 unspecified atom stereocenters. The van der Waals surface area contributed by atoms with Crippen LogP contribution >= 0.6 is 11.6 Å². The second-order valence-electron chi connectivity index (χ2n) is 5.98. The Kier molecular flexibility index (Phi) is 6.78. The van der Waals surface area contributed by atoms with Crippen LogP contribution in [0.25, 0.3) is 0 Å². The highest BCUT2D eigenvalue weighted by molar-refractivity contribution is 6.30. The quantitative estimate of drug-likeness (QED) is 0.550. The molecular formula is C17H22ClN3O4. The molecule has 0 amide bonds. The van der Waals surface area contributed by atoms with Crippen molar-refractivity contribution in [3.8, 4) is 0 Å². The predicted octanol–water partition coefficient (Wildman–Crippen LogP) is 1.81. The number of anilines is 1. The summed E-state index contributed by atoms with van der Waals surface area (Å²) in [4.78, 5) is 25.9. The summed E-state index contributed by atoms with van der Waals surface area (Å²) >= 11 is 6.06. The third-order valence-corrected chi connectivity index (χ3v) is 4.74. The first kappa shape index (κ1) is 19.2. The van der Waals surface area contributed by atoms with E-state index in [9.17, 15) is 9.59 Å². The number of hydrogen-bond acceptors (Lipinski definition) is 5. The summed E-state index contributed by atoms with van der Waals surface area (Å²) in [5.74, 6) is -1.64. The Labute approximate surface area is 151 Å². The van der Waals surface area contributed by atoms with Gasteiger partial charge in [0.25, 0.3) is 0 Å².